The zero-order valence-electron chi connectivity index (χ0n) is 11.8. The second kappa shape index (κ2) is 7.14. The summed E-state index contributed by atoms with van der Waals surface area (Å²) in [6.07, 6.45) is 4.31. The maximum Gasteiger partial charge on any atom is 0.342 e. The highest BCUT2D eigenvalue weighted by Crippen LogP contribution is 2.26. The van der Waals surface area contributed by atoms with Crippen molar-refractivity contribution in [3.8, 4) is 5.75 Å². The highest BCUT2D eigenvalue weighted by Gasteiger charge is 2.17. The van der Waals surface area contributed by atoms with E-state index in [9.17, 15) is 4.79 Å². The number of ether oxygens (including phenoxy) is 3. The fraction of sp³-hybridized carbons (Fsp3) is 0.533. The van der Waals surface area contributed by atoms with Crippen LogP contribution in [0.1, 0.15) is 36.0 Å². The summed E-state index contributed by atoms with van der Waals surface area (Å²) in [6, 6.07) is 5.05. The summed E-state index contributed by atoms with van der Waals surface area (Å²) in [5, 5.41) is 0. The minimum atomic E-state index is -0.401. The van der Waals surface area contributed by atoms with Crippen molar-refractivity contribution in [3.63, 3.8) is 0 Å². The number of esters is 1. The maximum atomic E-state index is 12.0. The lowest BCUT2D eigenvalue weighted by molar-refractivity contribution is 0.0458. The molecule has 5 nitrogen and oxygen atoms in total. The summed E-state index contributed by atoms with van der Waals surface area (Å²) in [4.78, 5) is 12.0. The Morgan fingerprint density at radius 3 is 3.05 bits per heavy atom. The highest BCUT2D eigenvalue weighted by atomic mass is 16.5. The van der Waals surface area contributed by atoms with Crippen LogP contribution in [0.5, 0.6) is 5.75 Å². The summed E-state index contributed by atoms with van der Waals surface area (Å²) < 4.78 is 15.9. The van der Waals surface area contributed by atoms with Crippen LogP contribution in [-0.2, 0) is 9.47 Å². The third kappa shape index (κ3) is 3.63. The Balaban J connectivity index is 1.81. The number of nitrogen functional groups attached to an aromatic ring is 1. The summed E-state index contributed by atoms with van der Waals surface area (Å²) >= 11 is 0. The van der Waals surface area contributed by atoms with Crippen LogP contribution < -0.4 is 10.5 Å². The molecule has 1 aliphatic heterocycles. The Labute approximate surface area is 119 Å². The van der Waals surface area contributed by atoms with Crippen LogP contribution in [0, 0.1) is 0 Å². The third-order valence-corrected chi connectivity index (χ3v) is 3.40. The number of para-hydroxylation sites is 1. The van der Waals surface area contributed by atoms with Crippen molar-refractivity contribution >= 4 is 11.7 Å². The largest absolute Gasteiger partial charge is 0.494 e. The van der Waals surface area contributed by atoms with Crippen molar-refractivity contribution in [1.82, 2.24) is 0 Å². The Morgan fingerprint density at radius 2 is 2.35 bits per heavy atom. The van der Waals surface area contributed by atoms with Gasteiger partial charge in [-0.25, -0.2) is 4.79 Å². The molecule has 1 unspecified atom stereocenters. The molecule has 1 aromatic rings. The van der Waals surface area contributed by atoms with Crippen LogP contribution in [0.15, 0.2) is 18.2 Å². The van der Waals surface area contributed by atoms with Crippen molar-refractivity contribution < 1.29 is 19.0 Å². The molecule has 0 aromatic heterocycles. The normalized spacial score (nSPS) is 17.9. The van der Waals surface area contributed by atoms with E-state index >= 15 is 0 Å². The predicted molar refractivity (Wildman–Crippen MR) is 75.9 cm³/mol. The van der Waals surface area contributed by atoms with Gasteiger partial charge in [0.1, 0.15) is 5.56 Å². The zero-order valence-corrected chi connectivity index (χ0v) is 11.8. The van der Waals surface area contributed by atoms with Crippen LogP contribution in [0.2, 0.25) is 0 Å². The lowest BCUT2D eigenvalue weighted by Gasteiger charge is -2.11. The van der Waals surface area contributed by atoms with E-state index in [0.29, 0.717) is 29.7 Å². The lowest BCUT2D eigenvalue weighted by Crippen LogP contribution is -2.11. The number of hydrogen-bond acceptors (Lipinski definition) is 5. The van der Waals surface area contributed by atoms with E-state index in [1.807, 2.05) is 0 Å². The summed E-state index contributed by atoms with van der Waals surface area (Å²) in [6.45, 7) is 1.24. The van der Waals surface area contributed by atoms with E-state index in [-0.39, 0.29) is 0 Å². The first-order chi connectivity index (χ1) is 9.72. The molecule has 1 aliphatic rings. The van der Waals surface area contributed by atoms with E-state index in [2.05, 4.69) is 0 Å². The minimum Gasteiger partial charge on any atom is -0.494 e. The Kier molecular flexibility index (Phi) is 5.24. The molecule has 0 bridgehead atoms. The molecular weight excluding hydrogens is 258 g/mol. The van der Waals surface area contributed by atoms with Crippen LogP contribution in [0.3, 0.4) is 0 Å². The second-order valence-corrected chi connectivity index (χ2v) is 4.84. The number of carbonyl (C=O) groups excluding carboxylic acids is 1. The van der Waals surface area contributed by atoms with Gasteiger partial charge in [0.25, 0.3) is 0 Å². The molecule has 0 aliphatic carbocycles. The predicted octanol–water partition coefficient (Wildman–Crippen LogP) is 2.39. The molecule has 1 aromatic carbocycles. The molecular formula is C15H21NO4. The standard InChI is InChI=1S/C15H21NO4/c1-18-14-12(7-2-8-13(14)16)15(17)20-10-4-6-11-5-3-9-19-11/h2,7-8,11H,3-6,9-10,16H2,1H3. The first-order valence-electron chi connectivity index (χ1n) is 6.93. The molecule has 1 heterocycles. The molecule has 1 fully saturated rings. The van der Waals surface area contributed by atoms with Gasteiger partial charge in [0.2, 0.25) is 0 Å². The summed E-state index contributed by atoms with van der Waals surface area (Å²) in [5.74, 6) is -0.0295. The first-order valence-corrected chi connectivity index (χ1v) is 6.93. The minimum absolute atomic E-state index is 0.329. The number of benzene rings is 1. The summed E-state index contributed by atoms with van der Waals surface area (Å²) in [7, 11) is 1.49. The molecule has 110 valence electrons. The van der Waals surface area contributed by atoms with Gasteiger partial charge in [0.05, 0.1) is 25.5 Å². The quantitative estimate of drug-likeness (QED) is 0.492. The highest BCUT2D eigenvalue weighted by molar-refractivity contribution is 5.94. The lowest BCUT2D eigenvalue weighted by atomic mass is 10.1. The van der Waals surface area contributed by atoms with Gasteiger partial charge in [-0.1, -0.05) is 6.07 Å². The van der Waals surface area contributed by atoms with Crippen LogP contribution in [0.4, 0.5) is 5.69 Å². The molecule has 5 heteroatoms. The Morgan fingerprint density at radius 1 is 1.50 bits per heavy atom. The topological polar surface area (TPSA) is 70.8 Å². The van der Waals surface area contributed by atoms with Gasteiger partial charge in [-0.3, -0.25) is 0 Å². The van der Waals surface area contributed by atoms with E-state index in [1.54, 1.807) is 18.2 Å². The molecule has 0 spiro atoms. The summed E-state index contributed by atoms with van der Waals surface area (Å²) in [5.41, 5.74) is 6.56. The van der Waals surface area contributed by atoms with Crippen LogP contribution in [-0.4, -0.2) is 32.4 Å². The number of nitrogens with two attached hydrogens (primary N) is 1. The number of anilines is 1. The molecule has 2 rings (SSSR count). The van der Waals surface area contributed by atoms with Gasteiger partial charge in [0.15, 0.2) is 5.75 Å². The molecule has 2 N–H and O–H groups in total. The van der Waals surface area contributed by atoms with Crippen LogP contribution in [0.25, 0.3) is 0 Å². The molecule has 20 heavy (non-hydrogen) atoms. The molecule has 0 radical (unpaired) electrons. The van der Waals surface area contributed by atoms with Crippen molar-refractivity contribution in [2.24, 2.45) is 0 Å². The Bertz CT molecular complexity index is 455. The van der Waals surface area contributed by atoms with E-state index in [1.165, 1.54) is 7.11 Å². The molecule has 1 saturated heterocycles. The van der Waals surface area contributed by atoms with E-state index in [0.717, 1.165) is 32.3 Å². The van der Waals surface area contributed by atoms with Gasteiger partial charge < -0.3 is 19.9 Å². The van der Waals surface area contributed by atoms with Gasteiger partial charge in [-0.2, -0.15) is 0 Å². The number of rotatable bonds is 6. The fourth-order valence-corrected chi connectivity index (χ4v) is 2.37. The van der Waals surface area contributed by atoms with Crippen molar-refractivity contribution in [2.75, 3.05) is 26.1 Å². The number of carbonyl (C=O) groups is 1. The van der Waals surface area contributed by atoms with Gasteiger partial charge in [-0.05, 0) is 37.8 Å². The van der Waals surface area contributed by atoms with Gasteiger partial charge in [0, 0.05) is 6.61 Å². The molecule has 0 amide bonds. The SMILES string of the molecule is COc1c(N)cccc1C(=O)OCCCC1CCCO1. The van der Waals surface area contributed by atoms with Crippen molar-refractivity contribution in [3.05, 3.63) is 23.8 Å². The van der Waals surface area contributed by atoms with Gasteiger partial charge in [-0.15, -0.1) is 0 Å². The van der Waals surface area contributed by atoms with E-state index < -0.39 is 5.97 Å². The zero-order chi connectivity index (χ0) is 14.4. The third-order valence-electron chi connectivity index (χ3n) is 3.40. The molecule has 1 atom stereocenters. The van der Waals surface area contributed by atoms with Crippen molar-refractivity contribution in [2.45, 2.75) is 31.8 Å². The average Bonchev–Trinajstić information content (AvgIpc) is 2.96. The smallest absolute Gasteiger partial charge is 0.342 e. The molecule has 0 saturated carbocycles. The number of hydrogen-bond donors (Lipinski definition) is 1. The first kappa shape index (κ1) is 14.7. The monoisotopic (exact) mass is 279 g/mol. The maximum absolute atomic E-state index is 12.0. The fourth-order valence-electron chi connectivity index (χ4n) is 2.37. The second-order valence-electron chi connectivity index (χ2n) is 4.84. The average molecular weight is 279 g/mol. The van der Waals surface area contributed by atoms with Crippen LogP contribution >= 0.6 is 0 Å². The Hall–Kier alpha value is -1.75. The van der Waals surface area contributed by atoms with E-state index in [4.69, 9.17) is 19.9 Å². The van der Waals surface area contributed by atoms with Gasteiger partial charge >= 0.3 is 5.97 Å². The van der Waals surface area contributed by atoms with Crippen molar-refractivity contribution in [1.29, 1.82) is 0 Å². The number of methoxy groups -OCH3 is 1.